The lowest BCUT2D eigenvalue weighted by atomic mass is 10.1. The highest BCUT2D eigenvalue weighted by Crippen LogP contribution is 2.19. The maximum atomic E-state index is 9.29. The minimum Gasteiger partial charge on any atom is -0.425 e. The summed E-state index contributed by atoms with van der Waals surface area (Å²) in [7, 11) is 0. The largest absolute Gasteiger partial charge is 0.425 e. The molecule has 0 saturated heterocycles. The Morgan fingerprint density at radius 2 is 2.07 bits per heavy atom. The molecule has 2 heterocycles. The average Bonchev–Trinajstić information content (AvgIpc) is 2.54. The first-order valence-corrected chi connectivity index (χ1v) is 4.74. The molecular weight excluding hydrogens is 192 g/mol. The first-order chi connectivity index (χ1) is 6.91. The van der Waals surface area contributed by atoms with Crippen molar-refractivity contribution in [3.8, 4) is 0 Å². The van der Waals surface area contributed by atoms with Crippen LogP contribution in [0.3, 0.4) is 0 Å². The molecule has 80 valence electrons. The molecule has 15 heavy (non-hydrogen) atoms. The van der Waals surface area contributed by atoms with Crippen LogP contribution in [0.2, 0.25) is 0 Å². The molecule has 0 amide bonds. The third-order valence-corrected chi connectivity index (χ3v) is 2.36. The highest BCUT2D eigenvalue weighted by molar-refractivity contribution is 5.74. The lowest BCUT2D eigenvalue weighted by Crippen LogP contribution is -2.23. The number of nitrogens with one attached hydrogen (secondary N) is 1. The van der Waals surface area contributed by atoms with E-state index in [1.165, 1.54) is 6.33 Å². The van der Waals surface area contributed by atoms with E-state index in [2.05, 4.69) is 25.8 Å². The topological polar surface area (TPSA) is 66.8 Å². The maximum absolute atomic E-state index is 9.29. The first-order valence-electron chi connectivity index (χ1n) is 4.74. The molecule has 0 atom stereocenters. The van der Waals surface area contributed by atoms with Gasteiger partial charge in [-0.1, -0.05) is 0 Å². The van der Waals surface area contributed by atoms with E-state index in [9.17, 15) is 5.21 Å². The molecule has 5 nitrogen and oxygen atoms in total. The molecule has 0 aliphatic rings. The van der Waals surface area contributed by atoms with Crippen LogP contribution in [0.25, 0.3) is 11.0 Å². The Morgan fingerprint density at radius 3 is 2.67 bits per heavy atom. The van der Waals surface area contributed by atoms with Gasteiger partial charge in [0.05, 0.1) is 5.39 Å². The molecule has 0 radical (unpaired) electrons. The highest BCUT2D eigenvalue weighted by Gasteiger charge is 2.16. The van der Waals surface area contributed by atoms with Crippen molar-refractivity contribution in [2.45, 2.75) is 26.3 Å². The molecule has 0 aliphatic carbocycles. The van der Waals surface area contributed by atoms with Crippen LogP contribution >= 0.6 is 0 Å². The van der Waals surface area contributed by atoms with Crippen LogP contribution in [0.4, 0.5) is 0 Å². The van der Waals surface area contributed by atoms with Crippen molar-refractivity contribution in [2.24, 2.45) is 0 Å². The van der Waals surface area contributed by atoms with Crippen molar-refractivity contribution in [1.29, 1.82) is 5.41 Å². The van der Waals surface area contributed by atoms with Crippen LogP contribution in [0, 0.1) is 5.41 Å². The van der Waals surface area contributed by atoms with Gasteiger partial charge in [-0.05, 0) is 26.8 Å². The summed E-state index contributed by atoms with van der Waals surface area (Å²) in [6.45, 7) is 6.20. The molecule has 5 heteroatoms. The Labute approximate surface area is 87.1 Å². The molecule has 0 aliphatic heterocycles. The number of aromatic nitrogens is 3. The molecule has 0 unspecified atom stereocenters. The summed E-state index contributed by atoms with van der Waals surface area (Å²) in [5.74, 6) is 0. The zero-order valence-electron chi connectivity index (χ0n) is 9.02. The van der Waals surface area contributed by atoms with Gasteiger partial charge in [0.1, 0.15) is 12.0 Å². The maximum Gasteiger partial charge on any atom is 0.173 e. The van der Waals surface area contributed by atoms with Crippen molar-refractivity contribution in [2.75, 3.05) is 0 Å². The van der Waals surface area contributed by atoms with Crippen molar-refractivity contribution in [3.05, 3.63) is 24.1 Å². The SMILES string of the molecule is CC(C)(C)n1ccc2c(=N)n(O)cnc21. The van der Waals surface area contributed by atoms with Gasteiger partial charge >= 0.3 is 0 Å². The van der Waals surface area contributed by atoms with Crippen LogP contribution in [0.5, 0.6) is 0 Å². The van der Waals surface area contributed by atoms with Gasteiger partial charge in [-0.3, -0.25) is 5.41 Å². The third kappa shape index (κ3) is 1.40. The average molecular weight is 206 g/mol. The summed E-state index contributed by atoms with van der Waals surface area (Å²) >= 11 is 0. The smallest absolute Gasteiger partial charge is 0.173 e. The van der Waals surface area contributed by atoms with E-state index in [-0.39, 0.29) is 11.0 Å². The fourth-order valence-corrected chi connectivity index (χ4v) is 1.57. The van der Waals surface area contributed by atoms with Crippen molar-refractivity contribution in [3.63, 3.8) is 0 Å². The zero-order chi connectivity index (χ0) is 11.2. The molecule has 0 spiro atoms. The second-order valence-corrected chi connectivity index (χ2v) is 4.53. The minimum atomic E-state index is -0.0805. The molecule has 2 rings (SSSR count). The Balaban J connectivity index is 2.84. The van der Waals surface area contributed by atoms with E-state index < -0.39 is 0 Å². The summed E-state index contributed by atoms with van der Waals surface area (Å²) < 4.78 is 2.70. The molecular formula is C10H14N4O. The summed E-state index contributed by atoms with van der Waals surface area (Å²) in [5, 5.41) is 17.6. The van der Waals surface area contributed by atoms with E-state index >= 15 is 0 Å². The van der Waals surface area contributed by atoms with Gasteiger partial charge in [0.25, 0.3) is 0 Å². The lowest BCUT2D eigenvalue weighted by Gasteiger charge is -2.21. The Bertz CT molecular complexity index is 559. The highest BCUT2D eigenvalue weighted by atomic mass is 16.5. The summed E-state index contributed by atoms with van der Waals surface area (Å²) in [4.78, 5) is 4.12. The zero-order valence-corrected chi connectivity index (χ0v) is 9.02. The first kappa shape index (κ1) is 9.76. The molecule has 2 aromatic rings. The van der Waals surface area contributed by atoms with E-state index in [4.69, 9.17) is 5.41 Å². The van der Waals surface area contributed by atoms with Gasteiger partial charge < -0.3 is 9.77 Å². The Morgan fingerprint density at radius 1 is 1.40 bits per heavy atom. The molecule has 0 saturated carbocycles. The third-order valence-electron chi connectivity index (χ3n) is 2.36. The van der Waals surface area contributed by atoms with E-state index in [1.54, 1.807) is 6.07 Å². The van der Waals surface area contributed by atoms with Gasteiger partial charge in [-0.15, -0.1) is 0 Å². The van der Waals surface area contributed by atoms with Crippen LogP contribution < -0.4 is 5.49 Å². The summed E-state index contributed by atoms with van der Waals surface area (Å²) in [6.07, 6.45) is 3.13. The number of fused-ring (bicyclic) bond motifs is 1. The Kier molecular flexibility index (Phi) is 1.86. The fraction of sp³-hybridized carbons (Fsp3) is 0.400. The van der Waals surface area contributed by atoms with Gasteiger partial charge in [0, 0.05) is 11.7 Å². The van der Waals surface area contributed by atoms with Gasteiger partial charge in [0.15, 0.2) is 5.49 Å². The summed E-state index contributed by atoms with van der Waals surface area (Å²) in [6, 6.07) is 1.79. The molecule has 2 N–H and O–H groups in total. The van der Waals surface area contributed by atoms with Gasteiger partial charge in [-0.25, -0.2) is 4.98 Å². The Hall–Kier alpha value is -1.78. The van der Waals surface area contributed by atoms with E-state index in [0.717, 1.165) is 10.4 Å². The minimum absolute atomic E-state index is 0.0583. The quantitative estimate of drug-likeness (QED) is 0.638. The van der Waals surface area contributed by atoms with Crippen molar-refractivity contribution < 1.29 is 5.21 Å². The van der Waals surface area contributed by atoms with Crippen molar-refractivity contribution >= 4 is 11.0 Å². The summed E-state index contributed by atoms with van der Waals surface area (Å²) in [5.41, 5.74) is 0.698. The van der Waals surface area contributed by atoms with Crippen LogP contribution in [-0.2, 0) is 5.54 Å². The number of nitrogens with zero attached hydrogens (tertiary/aromatic N) is 3. The standard InChI is InChI=1S/C10H14N4O/c1-10(2,3)13-5-4-7-8(11)14(15)6-12-9(7)13/h4-6,11,15H,1-3H3. The van der Waals surface area contributed by atoms with Gasteiger partial charge in [0.2, 0.25) is 0 Å². The van der Waals surface area contributed by atoms with Crippen molar-refractivity contribution in [1.82, 2.24) is 14.3 Å². The number of hydrogen-bond donors (Lipinski definition) is 2. The second-order valence-electron chi connectivity index (χ2n) is 4.53. The molecule has 0 fully saturated rings. The van der Waals surface area contributed by atoms with E-state index in [0.29, 0.717) is 5.39 Å². The normalized spacial score (nSPS) is 12.2. The predicted molar refractivity (Wildman–Crippen MR) is 55.8 cm³/mol. The monoisotopic (exact) mass is 206 g/mol. The van der Waals surface area contributed by atoms with Crippen LogP contribution in [-0.4, -0.2) is 19.5 Å². The van der Waals surface area contributed by atoms with Crippen LogP contribution in [0.1, 0.15) is 20.8 Å². The fourth-order valence-electron chi connectivity index (χ4n) is 1.57. The lowest BCUT2D eigenvalue weighted by molar-refractivity contribution is 0.168. The predicted octanol–water partition coefficient (Wildman–Crippen LogP) is 1.31. The second kappa shape index (κ2) is 2.85. The molecule has 0 aromatic carbocycles. The van der Waals surface area contributed by atoms with Crippen LogP contribution in [0.15, 0.2) is 18.6 Å². The molecule has 0 bridgehead atoms. The molecule has 2 aromatic heterocycles. The van der Waals surface area contributed by atoms with E-state index in [1.807, 2.05) is 10.8 Å². The van der Waals surface area contributed by atoms with Gasteiger partial charge in [-0.2, -0.15) is 4.73 Å². The number of rotatable bonds is 0. The number of hydrogen-bond acceptors (Lipinski definition) is 3.